The Morgan fingerprint density at radius 2 is 2.00 bits per heavy atom. The first-order chi connectivity index (χ1) is 7.00. The van der Waals surface area contributed by atoms with Crippen LogP contribution in [0.2, 0.25) is 0 Å². The first kappa shape index (κ1) is 11.5. The minimum Gasteiger partial charge on any atom is -0.444 e. The van der Waals surface area contributed by atoms with Crippen LogP contribution < -0.4 is 5.73 Å². The molecule has 0 bridgehead atoms. The third-order valence-corrected chi connectivity index (χ3v) is 1.96. The molecule has 0 spiro atoms. The summed E-state index contributed by atoms with van der Waals surface area (Å²) in [5.41, 5.74) is 5.26. The number of carbonyl (C=O) groups excluding carboxylic acids is 1. The highest BCUT2D eigenvalue weighted by Gasteiger charge is 2.19. The van der Waals surface area contributed by atoms with Crippen molar-refractivity contribution in [3.05, 3.63) is 35.6 Å². The van der Waals surface area contributed by atoms with Crippen LogP contribution in [0.1, 0.15) is 18.6 Å². The van der Waals surface area contributed by atoms with Gasteiger partial charge in [0.2, 0.25) is 0 Å². The van der Waals surface area contributed by atoms with E-state index >= 15 is 0 Å². The Balaban J connectivity index is 2.71. The van der Waals surface area contributed by atoms with Gasteiger partial charge in [0.25, 0.3) is 0 Å². The van der Waals surface area contributed by atoms with Gasteiger partial charge >= 0.3 is 6.09 Å². The molecule has 0 fully saturated rings. The lowest BCUT2D eigenvalue weighted by Crippen LogP contribution is -2.25. The normalized spacial score (nSPS) is 14.3. The third kappa shape index (κ3) is 3.21. The van der Waals surface area contributed by atoms with Crippen LogP contribution in [0.4, 0.5) is 9.18 Å². The minimum atomic E-state index is -1.02. The lowest BCUT2D eigenvalue weighted by molar-refractivity contribution is 0.0157. The van der Waals surface area contributed by atoms with Crippen LogP contribution in [-0.4, -0.2) is 17.3 Å². The molecule has 1 rings (SSSR count). The highest BCUT2D eigenvalue weighted by Crippen LogP contribution is 2.19. The Bertz CT molecular complexity index is 339. The number of hydrogen-bond acceptors (Lipinski definition) is 3. The lowest BCUT2D eigenvalue weighted by atomic mass is 10.1. The van der Waals surface area contributed by atoms with Crippen molar-refractivity contribution >= 4 is 6.09 Å². The van der Waals surface area contributed by atoms with E-state index in [1.54, 1.807) is 0 Å². The summed E-state index contributed by atoms with van der Waals surface area (Å²) in [6.45, 7) is 1.50. The van der Waals surface area contributed by atoms with Gasteiger partial charge in [-0.05, 0) is 24.6 Å². The largest absolute Gasteiger partial charge is 0.444 e. The molecule has 1 amide bonds. The maximum atomic E-state index is 12.6. The first-order valence-corrected chi connectivity index (χ1v) is 4.40. The Morgan fingerprint density at radius 3 is 2.47 bits per heavy atom. The van der Waals surface area contributed by atoms with Crippen LogP contribution in [0, 0.1) is 5.82 Å². The van der Waals surface area contributed by atoms with Gasteiger partial charge < -0.3 is 15.6 Å². The molecule has 5 heteroatoms. The van der Waals surface area contributed by atoms with E-state index in [1.807, 2.05) is 0 Å². The number of amides is 1. The molecule has 2 atom stereocenters. The van der Waals surface area contributed by atoms with Crippen molar-refractivity contribution in [1.82, 2.24) is 0 Å². The SMILES string of the molecule is C[C@@H](OC(N)=O)[C@H](O)c1ccc(F)cc1. The molecule has 82 valence electrons. The summed E-state index contributed by atoms with van der Waals surface area (Å²) in [6, 6.07) is 5.27. The van der Waals surface area contributed by atoms with Crippen molar-refractivity contribution < 1.29 is 19.0 Å². The molecule has 0 aliphatic carbocycles. The quantitative estimate of drug-likeness (QED) is 0.795. The maximum absolute atomic E-state index is 12.6. The van der Waals surface area contributed by atoms with Crippen molar-refractivity contribution in [3.8, 4) is 0 Å². The van der Waals surface area contributed by atoms with Crippen molar-refractivity contribution in [2.45, 2.75) is 19.1 Å². The molecule has 0 heterocycles. The molecule has 4 nitrogen and oxygen atoms in total. The summed E-state index contributed by atoms with van der Waals surface area (Å²) in [5.74, 6) is -0.394. The standard InChI is InChI=1S/C10H12FNO3/c1-6(15-10(12)14)9(13)7-2-4-8(11)5-3-7/h2-6,9,13H,1H3,(H2,12,14)/t6-,9+/m1/s1. The van der Waals surface area contributed by atoms with Crippen molar-refractivity contribution in [3.63, 3.8) is 0 Å². The van der Waals surface area contributed by atoms with Crippen molar-refractivity contribution in [2.24, 2.45) is 5.73 Å². The molecule has 0 saturated carbocycles. The number of ether oxygens (including phenoxy) is 1. The Hall–Kier alpha value is -1.62. The van der Waals surface area contributed by atoms with Crippen LogP contribution in [0.15, 0.2) is 24.3 Å². The van der Waals surface area contributed by atoms with Gasteiger partial charge in [-0.25, -0.2) is 9.18 Å². The zero-order valence-corrected chi connectivity index (χ0v) is 8.18. The lowest BCUT2D eigenvalue weighted by Gasteiger charge is -2.18. The smallest absolute Gasteiger partial charge is 0.404 e. The first-order valence-electron chi connectivity index (χ1n) is 4.40. The predicted molar refractivity (Wildman–Crippen MR) is 51.5 cm³/mol. The van der Waals surface area contributed by atoms with Crippen LogP contribution in [0.3, 0.4) is 0 Å². The number of carbonyl (C=O) groups is 1. The van der Waals surface area contributed by atoms with E-state index in [-0.39, 0.29) is 0 Å². The van der Waals surface area contributed by atoms with E-state index in [0.29, 0.717) is 5.56 Å². The van der Waals surface area contributed by atoms with Crippen molar-refractivity contribution in [2.75, 3.05) is 0 Å². The van der Waals surface area contributed by atoms with Gasteiger partial charge in [-0.2, -0.15) is 0 Å². The molecule has 0 saturated heterocycles. The summed E-state index contributed by atoms with van der Waals surface area (Å²) in [7, 11) is 0. The van der Waals surface area contributed by atoms with Gasteiger partial charge in [0.15, 0.2) is 0 Å². The fourth-order valence-electron chi connectivity index (χ4n) is 1.18. The van der Waals surface area contributed by atoms with Crippen LogP contribution >= 0.6 is 0 Å². The molecule has 1 aromatic rings. The zero-order chi connectivity index (χ0) is 11.4. The minimum absolute atomic E-state index is 0.394. The molecule has 1 aromatic carbocycles. The molecular weight excluding hydrogens is 201 g/mol. The van der Waals surface area contributed by atoms with E-state index in [4.69, 9.17) is 5.73 Å². The van der Waals surface area contributed by atoms with Gasteiger partial charge in [-0.3, -0.25) is 0 Å². The maximum Gasteiger partial charge on any atom is 0.404 e. The summed E-state index contributed by atoms with van der Waals surface area (Å²) >= 11 is 0. The average molecular weight is 213 g/mol. The van der Waals surface area contributed by atoms with E-state index in [2.05, 4.69) is 4.74 Å². The number of nitrogens with two attached hydrogens (primary N) is 1. The Morgan fingerprint density at radius 1 is 1.47 bits per heavy atom. The number of benzene rings is 1. The van der Waals surface area contributed by atoms with E-state index in [1.165, 1.54) is 31.2 Å². The molecular formula is C10H12FNO3. The molecule has 0 aliphatic rings. The number of halogens is 1. The highest BCUT2D eigenvalue weighted by atomic mass is 19.1. The summed E-state index contributed by atoms with van der Waals surface area (Å²) < 4.78 is 17.2. The fourth-order valence-corrected chi connectivity index (χ4v) is 1.18. The summed E-state index contributed by atoms with van der Waals surface area (Å²) in [5, 5.41) is 9.67. The third-order valence-electron chi connectivity index (χ3n) is 1.96. The van der Waals surface area contributed by atoms with E-state index < -0.39 is 24.1 Å². The van der Waals surface area contributed by atoms with E-state index in [0.717, 1.165) is 0 Å². The van der Waals surface area contributed by atoms with Gasteiger partial charge in [0, 0.05) is 0 Å². The van der Waals surface area contributed by atoms with Gasteiger partial charge in [0.05, 0.1) is 0 Å². The Labute approximate surface area is 86.5 Å². The topological polar surface area (TPSA) is 72.5 Å². The zero-order valence-electron chi connectivity index (χ0n) is 8.18. The summed E-state index contributed by atoms with van der Waals surface area (Å²) in [4.78, 5) is 10.4. The van der Waals surface area contributed by atoms with Crippen LogP contribution in [0.5, 0.6) is 0 Å². The van der Waals surface area contributed by atoms with Crippen LogP contribution in [0.25, 0.3) is 0 Å². The summed E-state index contributed by atoms with van der Waals surface area (Å²) in [6.07, 6.45) is -2.74. The predicted octanol–water partition coefficient (Wildman–Crippen LogP) is 1.34. The monoisotopic (exact) mass is 213 g/mol. The molecule has 3 N–H and O–H groups in total. The van der Waals surface area contributed by atoms with Crippen molar-refractivity contribution in [1.29, 1.82) is 0 Å². The Kier molecular flexibility index (Phi) is 3.62. The fraction of sp³-hybridized carbons (Fsp3) is 0.300. The molecule has 0 aliphatic heterocycles. The van der Waals surface area contributed by atoms with Gasteiger partial charge in [0.1, 0.15) is 18.0 Å². The number of aliphatic hydroxyl groups excluding tert-OH is 1. The molecule has 0 unspecified atom stereocenters. The highest BCUT2D eigenvalue weighted by molar-refractivity contribution is 5.64. The van der Waals surface area contributed by atoms with E-state index in [9.17, 15) is 14.3 Å². The second-order valence-corrected chi connectivity index (χ2v) is 3.14. The number of rotatable bonds is 3. The van der Waals surface area contributed by atoms with Gasteiger partial charge in [-0.1, -0.05) is 12.1 Å². The molecule has 15 heavy (non-hydrogen) atoms. The second-order valence-electron chi connectivity index (χ2n) is 3.14. The molecule has 0 aromatic heterocycles. The van der Waals surface area contributed by atoms with Crippen LogP contribution in [-0.2, 0) is 4.74 Å². The number of hydrogen-bond donors (Lipinski definition) is 2. The van der Waals surface area contributed by atoms with Gasteiger partial charge in [-0.15, -0.1) is 0 Å². The molecule has 0 radical (unpaired) electrons. The average Bonchev–Trinajstić information content (AvgIpc) is 2.17. The number of primary amides is 1. The second kappa shape index (κ2) is 4.75. The number of aliphatic hydroxyl groups is 1.